The van der Waals surface area contributed by atoms with Crippen molar-refractivity contribution < 1.29 is 4.79 Å². The molecule has 7 nitrogen and oxygen atoms in total. The fraction of sp³-hybridized carbons (Fsp3) is 0.125. The van der Waals surface area contributed by atoms with Gasteiger partial charge >= 0.3 is 0 Å². The number of nitrogens with zero attached hydrogens (tertiary/aromatic N) is 3. The van der Waals surface area contributed by atoms with E-state index in [0.29, 0.717) is 12.1 Å². The molecule has 3 rings (SSSR count). The van der Waals surface area contributed by atoms with Crippen molar-refractivity contribution in [1.29, 1.82) is 0 Å². The van der Waals surface area contributed by atoms with Gasteiger partial charge in [-0.3, -0.25) is 14.2 Å². The Hall–Kier alpha value is -3.22. The number of carbonyl (C=O) groups excluding carboxylic acids is 1. The number of hydrogen-bond donors (Lipinski definition) is 2. The van der Waals surface area contributed by atoms with Crippen molar-refractivity contribution >= 4 is 5.91 Å². The number of nitrogens with one attached hydrogen (secondary N) is 2. The lowest BCUT2D eigenvalue weighted by Crippen LogP contribution is -2.23. The van der Waals surface area contributed by atoms with Crippen LogP contribution in [-0.4, -0.2) is 25.4 Å². The summed E-state index contributed by atoms with van der Waals surface area (Å²) in [7, 11) is 0. The molecule has 0 atom stereocenters. The number of rotatable bonds is 4. The highest BCUT2D eigenvalue weighted by Crippen LogP contribution is 2.08. The number of aromatic nitrogens is 4. The quantitative estimate of drug-likeness (QED) is 0.757. The van der Waals surface area contributed by atoms with E-state index >= 15 is 0 Å². The van der Waals surface area contributed by atoms with Crippen LogP contribution < -0.4 is 10.9 Å². The van der Waals surface area contributed by atoms with Gasteiger partial charge in [-0.2, -0.15) is 0 Å². The van der Waals surface area contributed by atoms with E-state index in [2.05, 4.69) is 20.3 Å². The van der Waals surface area contributed by atoms with Gasteiger partial charge in [0.1, 0.15) is 11.6 Å². The smallest absolute Gasteiger partial charge is 0.253 e. The first kappa shape index (κ1) is 14.7. The third-order valence-electron chi connectivity index (χ3n) is 3.38. The highest BCUT2D eigenvalue weighted by atomic mass is 16.1. The van der Waals surface area contributed by atoms with Gasteiger partial charge in [-0.25, -0.2) is 9.97 Å². The van der Waals surface area contributed by atoms with Gasteiger partial charge in [-0.15, -0.1) is 0 Å². The van der Waals surface area contributed by atoms with Crippen LogP contribution >= 0.6 is 0 Å². The van der Waals surface area contributed by atoms with E-state index in [1.54, 1.807) is 12.4 Å². The average molecular weight is 309 g/mol. The van der Waals surface area contributed by atoms with Crippen molar-refractivity contribution in [3.05, 3.63) is 76.4 Å². The van der Waals surface area contributed by atoms with Crippen molar-refractivity contribution in [2.75, 3.05) is 0 Å². The predicted molar refractivity (Wildman–Crippen MR) is 84.3 cm³/mol. The van der Waals surface area contributed by atoms with Gasteiger partial charge in [0.05, 0.1) is 5.56 Å². The second kappa shape index (κ2) is 6.27. The molecule has 0 radical (unpaired) electrons. The van der Waals surface area contributed by atoms with E-state index in [1.807, 2.05) is 29.8 Å². The molecule has 3 aromatic heterocycles. The molecule has 0 spiro atoms. The highest BCUT2D eigenvalue weighted by Gasteiger charge is 2.06. The van der Waals surface area contributed by atoms with Crippen LogP contribution in [0.2, 0.25) is 0 Å². The van der Waals surface area contributed by atoms with Gasteiger partial charge in [0.15, 0.2) is 0 Å². The van der Waals surface area contributed by atoms with Crippen LogP contribution in [-0.2, 0) is 6.54 Å². The topological polar surface area (TPSA) is 92.7 Å². The Morgan fingerprint density at radius 3 is 2.74 bits per heavy atom. The predicted octanol–water partition coefficient (Wildman–Crippen LogP) is 1.19. The molecule has 0 saturated heterocycles. The first-order valence-electron chi connectivity index (χ1n) is 7.06. The Labute approximate surface area is 132 Å². The molecule has 0 unspecified atom stereocenters. The monoisotopic (exact) mass is 309 g/mol. The van der Waals surface area contributed by atoms with Crippen molar-refractivity contribution in [3.63, 3.8) is 0 Å². The molecule has 0 aliphatic heterocycles. The van der Waals surface area contributed by atoms with Gasteiger partial charge in [0, 0.05) is 37.4 Å². The zero-order valence-corrected chi connectivity index (χ0v) is 12.5. The van der Waals surface area contributed by atoms with Crippen LogP contribution in [0.4, 0.5) is 0 Å². The van der Waals surface area contributed by atoms with Gasteiger partial charge in [-0.05, 0) is 24.6 Å². The molecule has 23 heavy (non-hydrogen) atoms. The number of H-pyrrole nitrogens is 1. The Bertz CT molecular complexity index is 859. The molecule has 0 aromatic carbocycles. The fourth-order valence-corrected chi connectivity index (χ4v) is 2.12. The van der Waals surface area contributed by atoms with Crippen molar-refractivity contribution in [2.24, 2.45) is 0 Å². The summed E-state index contributed by atoms with van der Waals surface area (Å²) in [5.41, 5.74) is 1.05. The maximum Gasteiger partial charge on any atom is 0.253 e. The summed E-state index contributed by atoms with van der Waals surface area (Å²) < 4.78 is 1.88. The standard InChI is InChI=1S/C16H15N5O2/c1-11-17-6-7-21(11)14-4-2-12(8-18-14)9-20-16(23)13-3-5-15(22)19-10-13/h2-8,10H,9H2,1H3,(H,19,22)(H,20,23). The van der Waals surface area contributed by atoms with E-state index < -0.39 is 0 Å². The van der Waals surface area contributed by atoms with Crippen LogP contribution in [0.5, 0.6) is 0 Å². The molecule has 0 aliphatic rings. The van der Waals surface area contributed by atoms with E-state index in [9.17, 15) is 9.59 Å². The average Bonchev–Trinajstić information content (AvgIpc) is 3.00. The molecule has 3 heterocycles. The minimum absolute atomic E-state index is 0.240. The summed E-state index contributed by atoms with van der Waals surface area (Å²) in [5, 5.41) is 2.78. The summed E-state index contributed by atoms with van der Waals surface area (Å²) in [5.74, 6) is 1.38. The summed E-state index contributed by atoms with van der Waals surface area (Å²) in [6, 6.07) is 6.57. The lowest BCUT2D eigenvalue weighted by Gasteiger charge is -2.07. The van der Waals surface area contributed by atoms with Crippen LogP contribution in [0.15, 0.2) is 53.8 Å². The summed E-state index contributed by atoms with van der Waals surface area (Å²) >= 11 is 0. The number of aryl methyl sites for hydroxylation is 1. The number of aromatic amines is 1. The first-order valence-corrected chi connectivity index (χ1v) is 7.06. The van der Waals surface area contributed by atoms with Crippen molar-refractivity contribution in [1.82, 2.24) is 24.8 Å². The minimum Gasteiger partial charge on any atom is -0.348 e. The SMILES string of the molecule is Cc1nccn1-c1ccc(CNC(=O)c2ccc(=O)[nH]c2)cn1. The maximum atomic E-state index is 12.0. The second-order valence-corrected chi connectivity index (χ2v) is 4.99. The lowest BCUT2D eigenvalue weighted by atomic mass is 10.2. The molecule has 0 aliphatic carbocycles. The number of pyridine rings is 2. The molecular formula is C16H15N5O2. The number of hydrogen-bond acceptors (Lipinski definition) is 4. The molecule has 0 bridgehead atoms. The van der Waals surface area contributed by atoms with Crippen molar-refractivity contribution in [2.45, 2.75) is 13.5 Å². The molecule has 0 fully saturated rings. The molecule has 116 valence electrons. The Morgan fingerprint density at radius 2 is 2.13 bits per heavy atom. The summed E-state index contributed by atoms with van der Waals surface area (Å²) in [4.78, 5) is 33.9. The molecule has 0 saturated carbocycles. The number of carbonyl (C=O) groups is 1. The summed E-state index contributed by atoms with van der Waals surface area (Å²) in [6.45, 7) is 2.26. The molecule has 2 N–H and O–H groups in total. The Morgan fingerprint density at radius 1 is 1.26 bits per heavy atom. The molecule has 7 heteroatoms. The van der Waals surface area contributed by atoms with E-state index in [1.165, 1.54) is 18.3 Å². The maximum absolute atomic E-state index is 12.0. The molecule has 1 amide bonds. The summed E-state index contributed by atoms with van der Waals surface area (Å²) in [6.07, 6.45) is 6.66. The second-order valence-electron chi connectivity index (χ2n) is 4.99. The highest BCUT2D eigenvalue weighted by molar-refractivity contribution is 5.93. The third kappa shape index (κ3) is 3.34. The van der Waals surface area contributed by atoms with Gasteiger partial charge in [0.2, 0.25) is 5.56 Å². The van der Waals surface area contributed by atoms with Gasteiger partial charge in [-0.1, -0.05) is 6.07 Å². The first-order chi connectivity index (χ1) is 11.1. The minimum atomic E-state index is -0.254. The van der Waals surface area contributed by atoms with Gasteiger partial charge < -0.3 is 10.3 Å². The van der Waals surface area contributed by atoms with E-state index in [4.69, 9.17) is 0 Å². The Balaban J connectivity index is 1.65. The zero-order valence-electron chi connectivity index (χ0n) is 12.5. The van der Waals surface area contributed by atoms with E-state index in [-0.39, 0.29) is 11.5 Å². The van der Waals surface area contributed by atoms with Crippen LogP contribution in [0.1, 0.15) is 21.7 Å². The molecular weight excluding hydrogens is 294 g/mol. The van der Waals surface area contributed by atoms with Crippen molar-refractivity contribution in [3.8, 4) is 5.82 Å². The lowest BCUT2D eigenvalue weighted by molar-refractivity contribution is 0.0950. The Kier molecular flexibility index (Phi) is 4.01. The number of imidazole rings is 1. The van der Waals surface area contributed by atoms with E-state index in [0.717, 1.165) is 17.2 Å². The normalized spacial score (nSPS) is 10.5. The van der Waals surface area contributed by atoms with Crippen LogP contribution in [0.3, 0.4) is 0 Å². The third-order valence-corrected chi connectivity index (χ3v) is 3.38. The number of amides is 1. The van der Waals surface area contributed by atoms with Crippen LogP contribution in [0, 0.1) is 6.92 Å². The van der Waals surface area contributed by atoms with Crippen LogP contribution in [0.25, 0.3) is 5.82 Å². The zero-order chi connectivity index (χ0) is 16.2. The fourth-order valence-electron chi connectivity index (χ4n) is 2.12. The van der Waals surface area contributed by atoms with Gasteiger partial charge in [0.25, 0.3) is 5.91 Å². The largest absolute Gasteiger partial charge is 0.348 e. The molecule has 3 aromatic rings.